The van der Waals surface area contributed by atoms with Crippen molar-refractivity contribution < 1.29 is 13.7 Å². The van der Waals surface area contributed by atoms with E-state index in [0.29, 0.717) is 11.1 Å². The Labute approximate surface area is 492 Å². The van der Waals surface area contributed by atoms with Crippen molar-refractivity contribution in [2.45, 2.75) is 0 Å². The fraction of sp³-hybridized carbons (Fsp3) is 0. The molecular weight excluding hydrogens is 985 g/mol. The molecule has 0 atom stereocenters. The molecule has 382 valence electrons. The molecule has 0 N–H and O–H groups in total. The van der Waals surface area contributed by atoms with E-state index in [1.165, 1.54) is 60.1 Å². The minimum Gasteiger partial charge on any atom is -0.0622 e. The smallest absolute Gasteiger partial charge is 0.0622 e. The van der Waals surface area contributed by atoms with Gasteiger partial charge in [-0.1, -0.05) is 297 Å². The third-order valence-electron chi connectivity index (χ3n) is 16.0. The summed E-state index contributed by atoms with van der Waals surface area (Å²) < 4.78 is 82.7. The van der Waals surface area contributed by atoms with Crippen LogP contribution >= 0.6 is 0 Å². The van der Waals surface area contributed by atoms with Crippen molar-refractivity contribution in [1.29, 1.82) is 0 Å². The van der Waals surface area contributed by atoms with Gasteiger partial charge < -0.3 is 0 Å². The molecule has 0 aliphatic heterocycles. The number of hydrogen-bond acceptors (Lipinski definition) is 0. The molecule has 82 heavy (non-hydrogen) atoms. The zero-order valence-electron chi connectivity index (χ0n) is 54.4. The maximum Gasteiger partial charge on any atom is 0.0629 e. The predicted octanol–water partition coefficient (Wildman–Crippen LogP) is 23.1. The zero-order valence-corrected chi connectivity index (χ0v) is 44.4. The van der Waals surface area contributed by atoms with Crippen LogP contribution in [-0.4, -0.2) is 0 Å². The minimum atomic E-state index is -0.388. The fourth-order valence-electron chi connectivity index (χ4n) is 12.3. The van der Waals surface area contributed by atoms with E-state index in [9.17, 15) is 0 Å². The van der Waals surface area contributed by atoms with Crippen LogP contribution in [0.15, 0.2) is 327 Å². The van der Waals surface area contributed by atoms with E-state index in [1.807, 2.05) is 42.5 Å². The third kappa shape index (κ3) is 8.75. The van der Waals surface area contributed by atoms with Crippen molar-refractivity contribution in [3.8, 4) is 77.9 Å². The van der Waals surface area contributed by atoms with E-state index in [4.69, 9.17) is 13.7 Å². The van der Waals surface area contributed by atoms with E-state index >= 15 is 0 Å². The standard InChI is InChI=1S/C42H28.C40H26/c1-3-12-29(13-4-1)32-16-11-17-34(26-32)41-37-18-7-9-20-39(37)42(40-21-10-8-19-38(40)41)35-25-23-31-22-24-33(27-36(31)28-35)30-14-5-2-6-15-30;1-2-11-27(12-3-1)30-23-21-28-22-24-31(26-32(28)25-30)39-35-16-6-8-18-37(35)40(38-19-9-7-17-36(38)39)34-20-10-14-29-13-4-5-15-33(29)34/h1-28H;1-26H/i2D,5D,6D,14D,15D;1D,2D,3D,11D,12D. The molecule has 0 amide bonds. The Morgan fingerprint density at radius 2 is 0.488 bits per heavy atom. The lowest BCUT2D eigenvalue weighted by Gasteiger charge is -2.19. The number of benzene rings is 16. The highest BCUT2D eigenvalue weighted by Crippen LogP contribution is 2.47. The predicted molar refractivity (Wildman–Crippen MR) is 353 cm³/mol. The van der Waals surface area contributed by atoms with Crippen molar-refractivity contribution in [3.63, 3.8) is 0 Å². The minimum absolute atomic E-state index is 0.197. The second-order valence-corrected chi connectivity index (χ2v) is 20.7. The van der Waals surface area contributed by atoms with Crippen molar-refractivity contribution in [3.05, 3.63) is 327 Å². The number of rotatable bonds is 7. The van der Waals surface area contributed by atoms with E-state index in [2.05, 4.69) is 224 Å². The monoisotopic (exact) mass is 1050 g/mol. The van der Waals surface area contributed by atoms with Gasteiger partial charge in [0.05, 0.1) is 13.7 Å². The topological polar surface area (TPSA) is 0 Å². The zero-order chi connectivity index (χ0) is 63.1. The molecule has 16 aromatic carbocycles. The molecule has 0 aliphatic carbocycles. The Balaban J connectivity index is 0.000000153. The van der Waals surface area contributed by atoms with Gasteiger partial charge in [-0.3, -0.25) is 0 Å². The highest BCUT2D eigenvalue weighted by atomic mass is 14.2. The Bertz CT molecular complexity index is 5540. The third-order valence-corrected chi connectivity index (χ3v) is 16.0. The van der Waals surface area contributed by atoms with E-state index in [-0.39, 0.29) is 71.6 Å². The second kappa shape index (κ2) is 20.9. The highest BCUT2D eigenvalue weighted by molar-refractivity contribution is 6.24. The lowest BCUT2D eigenvalue weighted by Crippen LogP contribution is -1.91. The van der Waals surface area contributed by atoms with Gasteiger partial charge in [0.25, 0.3) is 0 Å². The molecule has 0 fully saturated rings. The summed E-state index contributed by atoms with van der Waals surface area (Å²) in [5, 5.41) is 15.6. The SMILES string of the molecule is [2H]c1c([2H])c([2H])c(-c2ccc3ccc(-c4c5ccccc5c(-c5cccc(-c6ccccc6)c5)c5ccccc45)cc3c2)c([2H])c1[2H].[2H]c1c([2H])c([2H])c(-c2ccc3ccc(-c4c5ccccc5c(-c5cccc6ccccc56)c5ccccc45)cc3c2)c([2H])c1[2H]. The van der Waals surface area contributed by atoms with Crippen LogP contribution in [0.4, 0.5) is 0 Å². The molecule has 0 aliphatic rings. The van der Waals surface area contributed by atoms with Gasteiger partial charge in [-0.15, -0.1) is 0 Å². The van der Waals surface area contributed by atoms with Gasteiger partial charge in [0.1, 0.15) is 0 Å². The lowest BCUT2D eigenvalue weighted by atomic mass is 9.84. The Morgan fingerprint density at radius 1 is 0.171 bits per heavy atom. The van der Waals surface area contributed by atoms with Crippen LogP contribution in [0.25, 0.3) is 153 Å². The molecule has 0 saturated carbocycles. The molecule has 0 radical (unpaired) electrons. The van der Waals surface area contributed by atoms with Crippen LogP contribution in [-0.2, 0) is 0 Å². The normalized spacial score (nSPS) is 13.1. The molecule has 0 heteroatoms. The second-order valence-electron chi connectivity index (χ2n) is 20.7. The van der Waals surface area contributed by atoms with Gasteiger partial charge in [-0.05, 0) is 184 Å². The molecule has 0 heterocycles. The first kappa shape index (κ1) is 38.8. The Hall–Kier alpha value is -10.7. The molecule has 16 aromatic rings. The van der Waals surface area contributed by atoms with E-state index in [0.717, 1.165) is 70.9 Å². The summed E-state index contributed by atoms with van der Waals surface area (Å²) in [6.45, 7) is 0. The van der Waals surface area contributed by atoms with Gasteiger partial charge in [0.15, 0.2) is 0 Å². The van der Waals surface area contributed by atoms with Gasteiger partial charge in [-0.25, -0.2) is 0 Å². The van der Waals surface area contributed by atoms with Crippen LogP contribution in [0, 0.1) is 0 Å². The summed E-state index contributed by atoms with van der Waals surface area (Å²) >= 11 is 0. The first-order valence-electron chi connectivity index (χ1n) is 32.6. The van der Waals surface area contributed by atoms with Gasteiger partial charge >= 0.3 is 0 Å². The van der Waals surface area contributed by atoms with Crippen LogP contribution in [0.3, 0.4) is 0 Å². The average Bonchev–Trinajstić information content (AvgIpc) is 0.741. The fourth-order valence-corrected chi connectivity index (χ4v) is 12.3. The number of fused-ring (bicyclic) bond motifs is 7. The first-order chi connectivity index (χ1) is 44.8. The molecule has 0 aromatic heterocycles. The quantitative estimate of drug-likeness (QED) is 0.140. The molecule has 0 bridgehead atoms. The largest absolute Gasteiger partial charge is 0.0629 e. The molecule has 0 saturated heterocycles. The maximum absolute atomic E-state index is 8.52. The Morgan fingerprint density at radius 3 is 0.951 bits per heavy atom. The maximum atomic E-state index is 8.52. The lowest BCUT2D eigenvalue weighted by molar-refractivity contribution is 1.61. The first-order valence-corrected chi connectivity index (χ1v) is 27.6. The van der Waals surface area contributed by atoms with E-state index < -0.39 is 0 Å². The van der Waals surface area contributed by atoms with Gasteiger partial charge in [0, 0.05) is 0 Å². The average molecular weight is 1050 g/mol. The molecule has 0 unspecified atom stereocenters. The van der Waals surface area contributed by atoms with Crippen molar-refractivity contribution in [1.82, 2.24) is 0 Å². The van der Waals surface area contributed by atoms with Crippen LogP contribution < -0.4 is 0 Å². The number of hydrogen-bond donors (Lipinski definition) is 0. The summed E-state index contributed by atoms with van der Waals surface area (Å²) in [6, 6.07) is 89.9. The Kier molecular flexibility index (Phi) is 9.88. The van der Waals surface area contributed by atoms with Crippen LogP contribution in [0.2, 0.25) is 0 Å². The van der Waals surface area contributed by atoms with Crippen LogP contribution in [0.5, 0.6) is 0 Å². The molecule has 16 rings (SSSR count). The van der Waals surface area contributed by atoms with E-state index in [1.54, 1.807) is 0 Å². The summed E-state index contributed by atoms with van der Waals surface area (Å²) in [7, 11) is 0. The summed E-state index contributed by atoms with van der Waals surface area (Å²) in [4.78, 5) is 0. The molecule has 0 nitrogen and oxygen atoms in total. The van der Waals surface area contributed by atoms with Gasteiger partial charge in [0.2, 0.25) is 0 Å². The summed E-state index contributed by atoms with van der Waals surface area (Å²) in [5.74, 6) is 0. The molecular formula is C82H54. The summed E-state index contributed by atoms with van der Waals surface area (Å²) in [6.07, 6.45) is 0. The van der Waals surface area contributed by atoms with Crippen molar-refractivity contribution in [2.24, 2.45) is 0 Å². The van der Waals surface area contributed by atoms with Crippen molar-refractivity contribution >= 4 is 75.4 Å². The highest BCUT2D eigenvalue weighted by Gasteiger charge is 2.20. The van der Waals surface area contributed by atoms with Crippen molar-refractivity contribution in [2.75, 3.05) is 0 Å². The molecule has 0 spiro atoms. The van der Waals surface area contributed by atoms with Crippen LogP contribution in [0.1, 0.15) is 13.7 Å². The summed E-state index contributed by atoms with van der Waals surface area (Å²) in [5.41, 5.74) is 13.1. The van der Waals surface area contributed by atoms with Gasteiger partial charge in [-0.2, -0.15) is 0 Å².